The molecule has 28 heavy (non-hydrogen) atoms. The molecule has 0 fully saturated rings. The van der Waals surface area contributed by atoms with Gasteiger partial charge in [-0.05, 0) is 75.4 Å². The third kappa shape index (κ3) is 3.84. The van der Waals surface area contributed by atoms with Crippen LogP contribution in [0.5, 0.6) is 23.0 Å². The van der Waals surface area contributed by atoms with Crippen molar-refractivity contribution >= 4 is 11.9 Å². The number of carbonyl (C=O) groups excluding carboxylic acids is 1. The van der Waals surface area contributed by atoms with Crippen molar-refractivity contribution in [1.29, 1.82) is 0 Å². The van der Waals surface area contributed by atoms with E-state index >= 15 is 0 Å². The van der Waals surface area contributed by atoms with Crippen LogP contribution in [-0.2, 0) is 17.6 Å². The van der Waals surface area contributed by atoms with Crippen LogP contribution in [0, 0.1) is 13.8 Å². The molecule has 5 heteroatoms. The summed E-state index contributed by atoms with van der Waals surface area (Å²) in [6.45, 7) is 7.84. The number of hydrogen-bond acceptors (Lipinski definition) is 5. The molecule has 2 aromatic carbocycles. The summed E-state index contributed by atoms with van der Waals surface area (Å²) in [6, 6.07) is 4.35. The highest BCUT2D eigenvalue weighted by Crippen LogP contribution is 2.43. The van der Waals surface area contributed by atoms with Crippen LogP contribution in [0.4, 0.5) is 0 Å². The molecule has 0 spiro atoms. The predicted octanol–water partition coefficient (Wildman–Crippen LogP) is 4.35. The van der Waals surface area contributed by atoms with Crippen LogP contribution < -0.4 is 4.74 Å². The fraction of sp³-hybridized carbons (Fsp3) is 0.348. The molecular formula is C23H26O5. The largest absolute Gasteiger partial charge is 0.507 e. The Kier molecular flexibility index (Phi) is 5.11. The van der Waals surface area contributed by atoms with E-state index < -0.39 is 0 Å². The van der Waals surface area contributed by atoms with Crippen LogP contribution in [-0.4, -0.2) is 26.7 Å². The Bertz CT molecular complexity index is 970. The molecule has 0 amide bonds. The number of phenols is 3. The summed E-state index contributed by atoms with van der Waals surface area (Å²) in [5.74, 6) is 0.317. The highest BCUT2D eigenvalue weighted by atomic mass is 16.5. The van der Waals surface area contributed by atoms with Crippen LogP contribution in [0.15, 0.2) is 24.3 Å². The highest BCUT2D eigenvalue weighted by molar-refractivity contribution is 5.96. The van der Waals surface area contributed by atoms with Crippen molar-refractivity contribution in [2.75, 3.05) is 0 Å². The topological polar surface area (TPSA) is 87.0 Å². The molecule has 0 saturated heterocycles. The average Bonchev–Trinajstić information content (AvgIpc) is 2.64. The van der Waals surface area contributed by atoms with Crippen molar-refractivity contribution < 1.29 is 24.9 Å². The zero-order valence-corrected chi connectivity index (χ0v) is 16.7. The molecule has 0 aromatic heterocycles. The lowest BCUT2D eigenvalue weighted by molar-refractivity contribution is -0.114. The Balaban J connectivity index is 1.89. The predicted molar refractivity (Wildman–Crippen MR) is 108 cm³/mol. The summed E-state index contributed by atoms with van der Waals surface area (Å²) >= 11 is 0. The van der Waals surface area contributed by atoms with E-state index in [2.05, 4.69) is 0 Å². The lowest BCUT2D eigenvalue weighted by Gasteiger charge is -2.35. The highest BCUT2D eigenvalue weighted by Gasteiger charge is 2.32. The number of rotatable bonds is 4. The van der Waals surface area contributed by atoms with Crippen LogP contribution in [0.1, 0.15) is 48.1 Å². The first-order valence-electron chi connectivity index (χ1n) is 9.35. The minimum absolute atomic E-state index is 0.0691. The summed E-state index contributed by atoms with van der Waals surface area (Å²) in [4.78, 5) is 12.5. The van der Waals surface area contributed by atoms with Gasteiger partial charge < -0.3 is 20.1 Å². The molecular weight excluding hydrogens is 356 g/mol. The van der Waals surface area contributed by atoms with E-state index in [0.29, 0.717) is 11.1 Å². The second-order valence-electron chi connectivity index (χ2n) is 7.97. The van der Waals surface area contributed by atoms with E-state index in [-0.39, 0.29) is 35.1 Å². The van der Waals surface area contributed by atoms with E-state index in [1.165, 1.54) is 18.2 Å². The Morgan fingerprint density at radius 2 is 1.86 bits per heavy atom. The van der Waals surface area contributed by atoms with Gasteiger partial charge in [0.1, 0.15) is 17.1 Å². The second kappa shape index (κ2) is 7.23. The number of ketones is 1. The minimum atomic E-state index is -0.275. The van der Waals surface area contributed by atoms with E-state index in [0.717, 1.165) is 35.3 Å². The Morgan fingerprint density at radius 1 is 1.14 bits per heavy atom. The van der Waals surface area contributed by atoms with E-state index in [9.17, 15) is 20.1 Å². The maximum Gasteiger partial charge on any atom is 0.160 e. The summed E-state index contributed by atoms with van der Waals surface area (Å²) in [7, 11) is 0. The third-order valence-corrected chi connectivity index (χ3v) is 5.35. The van der Waals surface area contributed by atoms with Gasteiger partial charge in [0, 0.05) is 17.5 Å². The maximum absolute atomic E-state index is 12.5. The number of aromatic hydroxyl groups is 3. The summed E-state index contributed by atoms with van der Waals surface area (Å²) in [5, 5.41) is 29.6. The van der Waals surface area contributed by atoms with E-state index in [1.807, 2.05) is 27.7 Å². The number of allylic oxidation sites excluding steroid dienone is 1. The van der Waals surface area contributed by atoms with Gasteiger partial charge in [-0.25, -0.2) is 0 Å². The normalized spacial score (nSPS) is 15.3. The number of hydrogen-bond donors (Lipinski definition) is 3. The quantitative estimate of drug-likeness (QED) is 0.541. The minimum Gasteiger partial charge on any atom is -0.507 e. The van der Waals surface area contributed by atoms with Crippen molar-refractivity contribution in [1.82, 2.24) is 0 Å². The fourth-order valence-electron chi connectivity index (χ4n) is 3.49. The van der Waals surface area contributed by atoms with Crippen molar-refractivity contribution in [3.8, 4) is 23.0 Å². The smallest absolute Gasteiger partial charge is 0.160 e. The van der Waals surface area contributed by atoms with Gasteiger partial charge in [0.05, 0.1) is 0 Å². The van der Waals surface area contributed by atoms with Crippen molar-refractivity contribution in [3.63, 3.8) is 0 Å². The number of carbonyl (C=O) groups is 1. The second-order valence-corrected chi connectivity index (χ2v) is 7.97. The first-order valence-corrected chi connectivity index (χ1v) is 9.35. The van der Waals surface area contributed by atoms with Gasteiger partial charge in [0.25, 0.3) is 0 Å². The van der Waals surface area contributed by atoms with Gasteiger partial charge in [-0.3, -0.25) is 4.79 Å². The summed E-state index contributed by atoms with van der Waals surface area (Å²) in [6.07, 6.45) is 4.62. The van der Waals surface area contributed by atoms with Gasteiger partial charge in [0.15, 0.2) is 17.3 Å². The molecule has 1 aliphatic heterocycles. The van der Waals surface area contributed by atoms with Gasteiger partial charge in [-0.1, -0.05) is 12.1 Å². The molecule has 0 saturated carbocycles. The zero-order valence-electron chi connectivity index (χ0n) is 16.7. The standard InChI is InChI=1S/C23H26O5/c1-13-14(2)22-17(9-10-23(3,4)28-22)18(21(13)27)12-16(24)7-5-15-6-8-19(25)20(26)11-15/h5-8,11,25-27H,9-10,12H2,1-4H3/b7-5+. The first kappa shape index (κ1) is 19.8. The summed E-state index contributed by atoms with van der Waals surface area (Å²) < 4.78 is 6.17. The molecule has 1 heterocycles. The zero-order chi connectivity index (χ0) is 20.6. The molecule has 0 atom stereocenters. The monoisotopic (exact) mass is 382 g/mol. The van der Waals surface area contributed by atoms with E-state index in [4.69, 9.17) is 4.74 Å². The van der Waals surface area contributed by atoms with E-state index in [1.54, 1.807) is 12.1 Å². The van der Waals surface area contributed by atoms with Gasteiger partial charge >= 0.3 is 0 Å². The molecule has 0 unspecified atom stereocenters. The van der Waals surface area contributed by atoms with Crippen molar-refractivity contribution in [2.24, 2.45) is 0 Å². The van der Waals surface area contributed by atoms with Crippen LogP contribution in [0.25, 0.3) is 6.08 Å². The molecule has 0 radical (unpaired) electrons. The molecule has 0 aliphatic carbocycles. The van der Waals surface area contributed by atoms with Crippen molar-refractivity contribution in [2.45, 2.75) is 52.6 Å². The fourth-order valence-corrected chi connectivity index (χ4v) is 3.49. The molecule has 1 aliphatic rings. The van der Waals surface area contributed by atoms with Gasteiger partial charge in [0.2, 0.25) is 0 Å². The first-order chi connectivity index (χ1) is 13.1. The molecule has 3 rings (SSSR count). The lowest BCUT2D eigenvalue weighted by atomic mass is 9.86. The molecule has 0 bridgehead atoms. The molecule has 3 N–H and O–H groups in total. The third-order valence-electron chi connectivity index (χ3n) is 5.35. The van der Waals surface area contributed by atoms with Crippen LogP contribution in [0.3, 0.4) is 0 Å². The Morgan fingerprint density at radius 3 is 2.54 bits per heavy atom. The summed E-state index contributed by atoms with van der Waals surface area (Å²) in [5.41, 5.74) is 3.49. The van der Waals surface area contributed by atoms with Crippen LogP contribution >= 0.6 is 0 Å². The number of fused-ring (bicyclic) bond motifs is 1. The number of benzene rings is 2. The number of ether oxygens (including phenoxy) is 1. The Hall–Kier alpha value is -2.95. The van der Waals surface area contributed by atoms with Crippen LogP contribution in [0.2, 0.25) is 0 Å². The molecule has 2 aromatic rings. The van der Waals surface area contributed by atoms with Gasteiger partial charge in [-0.2, -0.15) is 0 Å². The average molecular weight is 382 g/mol. The molecule has 5 nitrogen and oxygen atoms in total. The Labute approximate surface area is 164 Å². The number of phenolic OH excluding ortho intramolecular Hbond substituents is 3. The van der Waals surface area contributed by atoms with Gasteiger partial charge in [-0.15, -0.1) is 0 Å². The SMILES string of the molecule is Cc1c(C)c2c(c(CC(=O)/C=C/c3ccc(O)c(O)c3)c1O)CCC(C)(C)O2. The maximum atomic E-state index is 12.5. The molecule has 148 valence electrons. The lowest BCUT2D eigenvalue weighted by Crippen LogP contribution is -2.33. The van der Waals surface area contributed by atoms with Crippen molar-refractivity contribution in [3.05, 3.63) is 52.1 Å².